The van der Waals surface area contributed by atoms with Crippen LogP contribution in [-0.2, 0) is 6.54 Å². The number of likely N-dealkylation sites (tertiary alicyclic amines) is 2. The van der Waals surface area contributed by atoms with E-state index in [-0.39, 0.29) is 5.54 Å². The molecule has 0 N–H and O–H groups in total. The molecule has 6 nitrogen and oxygen atoms in total. The van der Waals surface area contributed by atoms with Crippen LogP contribution in [0.2, 0.25) is 0 Å². The minimum Gasteiger partial charge on any atom is -0.477 e. The van der Waals surface area contributed by atoms with Crippen molar-refractivity contribution < 1.29 is 4.74 Å². The highest BCUT2D eigenvalue weighted by molar-refractivity contribution is 5.28. The fourth-order valence-electron chi connectivity index (χ4n) is 4.20. The van der Waals surface area contributed by atoms with E-state index in [0.29, 0.717) is 24.0 Å². The van der Waals surface area contributed by atoms with Crippen molar-refractivity contribution in [3.05, 3.63) is 54.0 Å². The minimum absolute atomic E-state index is 0.286. The zero-order chi connectivity index (χ0) is 18.0. The molecule has 2 aromatic rings. The second-order valence-corrected chi connectivity index (χ2v) is 7.49. The molecule has 0 aromatic carbocycles. The van der Waals surface area contributed by atoms with Crippen LogP contribution < -0.4 is 4.74 Å². The van der Waals surface area contributed by atoms with Gasteiger partial charge in [-0.05, 0) is 31.2 Å². The van der Waals surface area contributed by atoms with Gasteiger partial charge in [-0.2, -0.15) is 5.26 Å². The van der Waals surface area contributed by atoms with Crippen molar-refractivity contribution in [1.82, 2.24) is 19.8 Å². The molecule has 1 atom stereocenters. The average molecular weight is 349 g/mol. The van der Waals surface area contributed by atoms with Crippen molar-refractivity contribution >= 4 is 0 Å². The Morgan fingerprint density at radius 2 is 2.19 bits per heavy atom. The van der Waals surface area contributed by atoms with Gasteiger partial charge >= 0.3 is 0 Å². The minimum atomic E-state index is 0.286. The van der Waals surface area contributed by atoms with Crippen LogP contribution in [-0.4, -0.2) is 58.6 Å². The van der Waals surface area contributed by atoms with E-state index in [2.05, 4.69) is 39.0 Å². The van der Waals surface area contributed by atoms with Crippen LogP contribution in [0.5, 0.6) is 5.88 Å². The first kappa shape index (κ1) is 17.0. The number of likely N-dealkylation sites (N-methyl/N-ethyl adjacent to an activating group) is 1. The maximum absolute atomic E-state index is 8.82. The Morgan fingerprint density at radius 1 is 1.31 bits per heavy atom. The van der Waals surface area contributed by atoms with Gasteiger partial charge in [-0.25, -0.2) is 4.98 Å². The second-order valence-electron chi connectivity index (χ2n) is 7.49. The molecule has 2 aromatic heterocycles. The molecule has 0 aliphatic carbocycles. The van der Waals surface area contributed by atoms with Gasteiger partial charge in [0.1, 0.15) is 6.07 Å². The first-order valence-corrected chi connectivity index (χ1v) is 8.98. The fraction of sp³-hybridized carbons (Fsp3) is 0.450. The van der Waals surface area contributed by atoms with Crippen molar-refractivity contribution in [3.8, 4) is 11.9 Å². The van der Waals surface area contributed by atoms with Crippen molar-refractivity contribution in [2.24, 2.45) is 5.92 Å². The summed E-state index contributed by atoms with van der Waals surface area (Å²) in [5.41, 5.74) is 2.11. The lowest BCUT2D eigenvalue weighted by Gasteiger charge is -2.52. The normalized spacial score (nSPS) is 22.1. The summed E-state index contributed by atoms with van der Waals surface area (Å²) >= 11 is 0. The molecule has 2 saturated heterocycles. The van der Waals surface area contributed by atoms with Gasteiger partial charge in [0, 0.05) is 62.3 Å². The summed E-state index contributed by atoms with van der Waals surface area (Å²) in [6.07, 6.45) is 6.48. The van der Waals surface area contributed by atoms with Gasteiger partial charge in [0.2, 0.25) is 5.88 Å². The number of nitriles is 1. The lowest BCUT2D eigenvalue weighted by molar-refractivity contribution is -0.0223. The lowest BCUT2D eigenvalue weighted by atomic mass is 9.84. The van der Waals surface area contributed by atoms with Gasteiger partial charge in [-0.15, -0.1) is 0 Å². The molecular weight excluding hydrogens is 326 g/mol. The third kappa shape index (κ3) is 3.41. The summed E-state index contributed by atoms with van der Waals surface area (Å²) in [5.74, 6) is 1.11. The molecule has 0 saturated carbocycles. The number of aromatic nitrogens is 2. The molecule has 0 unspecified atom stereocenters. The summed E-state index contributed by atoms with van der Waals surface area (Å²) in [6.45, 7) is 4.90. The van der Waals surface area contributed by atoms with Crippen molar-refractivity contribution in [3.63, 3.8) is 0 Å². The highest BCUT2D eigenvalue weighted by Gasteiger charge is 2.51. The molecule has 0 bridgehead atoms. The molecule has 4 rings (SSSR count). The maximum atomic E-state index is 8.82. The standard InChI is InChI=1S/C20H23N5O/c1-24-11-18(13-26-19-5-4-16(8-21)10-23-19)7-20(24)14-25(15-20)12-17-3-2-6-22-9-17/h2-6,9-10,18H,7,11-15H2,1H3/t18-/m0/s1. The van der Waals surface area contributed by atoms with E-state index in [1.807, 2.05) is 18.5 Å². The molecule has 26 heavy (non-hydrogen) atoms. The Kier molecular flexibility index (Phi) is 4.58. The van der Waals surface area contributed by atoms with E-state index in [0.717, 1.165) is 32.6 Å². The topological polar surface area (TPSA) is 65.3 Å². The smallest absolute Gasteiger partial charge is 0.213 e. The zero-order valence-electron chi connectivity index (χ0n) is 15.0. The van der Waals surface area contributed by atoms with Crippen LogP contribution in [0.15, 0.2) is 42.9 Å². The summed E-state index contributed by atoms with van der Waals surface area (Å²) in [6, 6.07) is 9.72. The SMILES string of the molecule is CN1C[C@@H](COc2ccc(C#N)cn2)CC12CN(Cc1cccnc1)C2. The highest BCUT2D eigenvalue weighted by Crippen LogP contribution is 2.40. The van der Waals surface area contributed by atoms with Crippen LogP contribution >= 0.6 is 0 Å². The van der Waals surface area contributed by atoms with Gasteiger partial charge in [-0.3, -0.25) is 14.8 Å². The van der Waals surface area contributed by atoms with Crippen LogP contribution in [0, 0.1) is 17.2 Å². The molecule has 6 heteroatoms. The van der Waals surface area contributed by atoms with Gasteiger partial charge in [0.25, 0.3) is 0 Å². The highest BCUT2D eigenvalue weighted by atomic mass is 16.5. The number of ether oxygens (including phenoxy) is 1. The van der Waals surface area contributed by atoms with Crippen LogP contribution in [0.4, 0.5) is 0 Å². The van der Waals surface area contributed by atoms with Gasteiger partial charge in [-0.1, -0.05) is 6.07 Å². The third-order valence-electron chi connectivity index (χ3n) is 5.51. The Bertz CT molecular complexity index is 780. The van der Waals surface area contributed by atoms with E-state index >= 15 is 0 Å². The molecule has 2 aliphatic rings. The summed E-state index contributed by atoms with van der Waals surface area (Å²) < 4.78 is 5.85. The Morgan fingerprint density at radius 3 is 2.88 bits per heavy atom. The van der Waals surface area contributed by atoms with Crippen LogP contribution in [0.25, 0.3) is 0 Å². The molecule has 4 heterocycles. The van der Waals surface area contributed by atoms with Gasteiger partial charge in [0.05, 0.1) is 12.2 Å². The molecule has 134 valence electrons. The zero-order valence-corrected chi connectivity index (χ0v) is 15.0. The van der Waals surface area contributed by atoms with Crippen molar-refractivity contribution in [1.29, 1.82) is 5.26 Å². The van der Waals surface area contributed by atoms with Crippen LogP contribution in [0.1, 0.15) is 17.5 Å². The summed E-state index contributed by atoms with van der Waals surface area (Å²) in [7, 11) is 2.22. The van der Waals surface area contributed by atoms with Crippen LogP contribution in [0.3, 0.4) is 0 Å². The lowest BCUT2D eigenvalue weighted by Crippen LogP contribution is -2.66. The average Bonchev–Trinajstić information content (AvgIpc) is 2.97. The monoisotopic (exact) mass is 349 g/mol. The number of hydrogen-bond donors (Lipinski definition) is 0. The first-order chi connectivity index (χ1) is 12.7. The molecule has 1 spiro atoms. The van der Waals surface area contributed by atoms with E-state index in [1.165, 1.54) is 5.56 Å². The Balaban J connectivity index is 1.27. The number of rotatable bonds is 5. The first-order valence-electron chi connectivity index (χ1n) is 8.98. The number of nitrogens with zero attached hydrogens (tertiary/aromatic N) is 5. The third-order valence-corrected chi connectivity index (χ3v) is 5.51. The maximum Gasteiger partial charge on any atom is 0.213 e. The van der Waals surface area contributed by atoms with E-state index in [4.69, 9.17) is 10.00 Å². The number of pyridine rings is 2. The van der Waals surface area contributed by atoms with Gasteiger partial charge < -0.3 is 4.74 Å². The fourth-order valence-corrected chi connectivity index (χ4v) is 4.20. The number of hydrogen-bond acceptors (Lipinski definition) is 6. The van der Waals surface area contributed by atoms with Gasteiger partial charge in [0.15, 0.2) is 0 Å². The van der Waals surface area contributed by atoms with E-state index < -0.39 is 0 Å². The molecule has 2 aliphatic heterocycles. The summed E-state index contributed by atoms with van der Waals surface area (Å²) in [4.78, 5) is 13.4. The second kappa shape index (κ2) is 7.02. The molecule has 0 radical (unpaired) electrons. The predicted octanol–water partition coefficient (Wildman–Crippen LogP) is 1.93. The molecule has 0 amide bonds. The van der Waals surface area contributed by atoms with Crippen molar-refractivity contribution in [2.75, 3.05) is 33.3 Å². The largest absolute Gasteiger partial charge is 0.477 e. The van der Waals surface area contributed by atoms with E-state index in [9.17, 15) is 0 Å². The predicted molar refractivity (Wildman–Crippen MR) is 97.4 cm³/mol. The molecule has 2 fully saturated rings. The Hall–Kier alpha value is -2.49. The summed E-state index contributed by atoms with van der Waals surface area (Å²) in [5, 5.41) is 8.82. The van der Waals surface area contributed by atoms with Crippen molar-refractivity contribution in [2.45, 2.75) is 18.5 Å². The van der Waals surface area contributed by atoms with E-state index in [1.54, 1.807) is 18.3 Å². The quantitative estimate of drug-likeness (QED) is 0.822. The Labute approximate surface area is 154 Å². The molecular formula is C20H23N5O.